The summed E-state index contributed by atoms with van der Waals surface area (Å²) in [4.78, 5) is 17.8. The molecule has 0 aliphatic heterocycles. The number of hydrogen-bond acceptors (Lipinski definition) is 4. The third-order valence-electron chi connectivity index (χ3n) is 2.76. The van der Waals surface area contributed by atoms with Crippen molar-refractivity contribution in [2.75, 3.05) is 20.6 Å². The molecule has 0 saturated heterocycles. The van der Waals surface area contributed by atoms with Crippen molar-refractivity contribution in [1.82, 2.24) is 15.2 Å². The topological polar surface area (TPSA) is 69.0 Å². The molecule has 0 radical (unpaired) electrons. The fraction of sp³-hybridized carbons (Fsp3) is 0.357. The summed E-state index contributed by atoms with van der Waals surface area (Å²) in [5.74, 6) is -0.343. The van der Waals surface area contributed by atoms with Crippen LogP contribution in [0.1, 0.15) is 12.6 Å². The predicted molar refractivity (Wildman–Crippen MR) is 73.0 cm³/mol. The minimum absolute atomic E-state index is 0.144. The van der Waals surface area contributed by atoms with Crippen LogP contribution in [0.4, 0.5) is 0 Å². The molecule has 5 nitrogen and oxygen atoms in total. The van der Waals surface area contributed by atoms with Gasteiger partial charge in [0.05, 0.1) is 0 Å². The smallest absolute Gasteiger partial charge is 0.263 e. The van der Waals surface area contributed by atoms with Gasteiger partial charge in [0.1, 0.15) is 11.6 Å². The molecule has 0 aromatic carbocycles. The first-order valence-electron chi connectivity index (χ1n) is 6.02. The number of carbonyl (C=O) groups is 1. The van der Waals surface area contributed by atoms with Crippen LogP contribution in [0.2, 0.25) is 0 Å². The van der Waals surface area contributed by atoms with E-state index in [0.29, 0.717) is 18.7 Å². The lowest BCUT2D eigenvalue weighted by atomic mass is 10.2. The average molecular weight is 258 g/mol. The Bertz CT molecular complexity index is 500. The number of nitrogens with zero attached hydrogens (tertiary/aromatic N) is 3. The van der Waals surface area contributed by atoms with Crippen molar-refractivity contribution < 1.29 is 4.79 Å². The molecule has 0 fully saturated rings. The molecule has 1 N–H and O–H groups in total. The number of pyridine rings is 1. The van der Waals surface area contributed by atoms with E-state index in [1.54, 1.807) is 32.1 Å². The first kappa shape index (κ1) is 14.7. The van der Waals surface area contributed by atoms with Crippen LogP contribution in [0.3, 0.4) is 0 Å². The zero-order chi connectivity index (χ0) is 14.3. The Morgan fingerprint density at radius 1 is 1.47 bits per heavy atom. The van der Waals surface area contributed by atoms with Crippen molar-refractivity contribution in [3.05, 3.63) is 41.4 Å². The van der Waals surface area contributed by atoms with Gasteiger partial charge in [-0.3, -0.25) is 9.78 Å². The second kappa shape index (κ2) is 7.17. The number of nitriles is 1. The van der Waals surface area contributed by atoms with E-state index in [0.717, 1.165) is 5.69 Å². The molecule has 100 valence electrons. The van der Waals surface area contributed by atoms with E-state index in [1.807, 2.05) is 24.3 Å². The summed E-state index contributed by atoms with van der Waals surface area (Å²) in [6.07, 6.45) is 2.36. The van der Waals surface area contributed by atoms with Gasteiger partial charge in [0.25, 0.3) is 5.91 Å². The minimum Gasteiger partial charge on any atom is -0.380 e. The van der Waals surface area contributed by atoms with Crippen LogP contribution < -0.4 is 5.32 Å². The fourth-order valence-electron chi connectivity index (χ4n) is 1.46. The highest BCUT2D eigenvalue weighted by atomic mass is 16.1. The molecule has 1 aromatic heterocycles. The molecule has 5 heteroatoms. The highest BCUT2D eigenvalue weighted by Gasteiger charge is 2.13. The van der Waals surface area contributed by atoms with Gasteiger partial charge < -0.3 is 10.2 Å². The molecule has 0 saturated carbocycles. The number of amides is 1. The van der Waals surface area contributed by atoms with Gasteiger partial charge in [0, 0.05) is 44.6 Å². The number of allylic oxidation sites excluding steroid dienone is 1. The number of hydrogen-bond donors (Lipinski definition) is 1. The largest absolute Gasteiger partial charge is 0.380 e. The number of rotatable bonds is 5. The van der Waals surface area contributed by atoms with E-state index >= 15 is 0 Å². The lowest BCUT2D eigenvalue weighted by molar-refractivity contribution is -0.117. The summed E-state index contributed by atoms with van der Waals surface area (Å²) < 4.78 is 0. The fourth-order valence-corrected chi connectivity index (χ4v) is 1.46. The molecule has 1 amide bonds. The van der Waals surface area contributed by atoms with Gasteiger partial charge in [-0.1, -0.05) is 6.07 Å². The highest BCUT2D eigenvalue weighted by Crippen LogP contribution is 2.05. The second-order valence-electron chi connectivity index (χ2n) is 4.29. The van der Waals surface area contributed by atoms with Gasteiger partial charge in [-0.2, -0.15) is 5.26 Å². The van der Waals surface area contributed by atoms with Crippen molar-refractivity contribution in [3.63, 3.8) is 0 Å². The molecule has 0 aliphatic carbocycles. The first-order valence-corrected chi connectivity index (χ1v) is 6.02. The molecule has 0 unspecified atom stereocenters. The lowest BCUT2D eigenvalue weighted by Crippen LogP contribution is -2.29. The minimum atomic E-state index is -0.343. The van der Waals surface area contributed by atoms with E-state index < -0.39 is 0 Å². The van der Waals surface area contributed by atoms with E-state index in [-0.39, 0.29) is 11.5 Å². The van der Waals surface area contributed by atoms with Crippen LogP contribution in [0.15, 0.2) is 35.7 Å². The Morgan fingerprint density at radius 3 is 2.74 bits per heavy atom. The quantitative estimate of drug-likeness (QED) is 0.634. The summed E-state index contributed by atoms with van der Waals surface area (Å²) in [6.45, 7) is 2.21. The van der Waals surface area contributed by atoms with E-state index in [4.69, 9.17) is 5.26 Å². The zero-order valence-corrected chi connectivity index (χ0v) is 11.5. The predicted octanol–water partition coefficient (Wildman–Crippen LogP) is 1.10. The van der Waals surface area contributed by atoms with Crippen LogP contribution in [0.25, 0.3) is 0 Å². The standard InChI is InChI=1S/C14H18N4O/c1-11(18(2)3)13(10-15)14(19)17-9-7-12-6-4-5-8-16-12/h4-6,8H,7,9H2,1-3H3,(H,17,19)/b13-11+. The van der Waals surface area contributed by atoms with Crippen LogP contribution in [0.5, 0.6) is 0 Å². The molecule has 0 aliphatic rings. The SMILES string of the molecule is C/C(=C(/C#N)C(=O)NCCc1ccccn1)N(C)C. The first-order chi connectivity index (χ1) is 9.06. The van der Waals surface area contributed by atoms with Gasteiger partial charge in [-0.15, -0.1) is 0 Å². The lowest BCUT2D eigenvalue weighted by Gasteiger charge is -2.14. The molecule has 0 spiro atoms. The van der Waals surface area contributed by atoms with Crippen molar-refractivity contribution >= 4 is 5.91 Å². The summed E-state index contributed by atoms with van der Waals surface area (Å²) in [5, 5.41) is 11.8. The zero-order valence-electron chi connectivity index (χ0n) is 11.5. The Hall–Kier alpha value is -2.35. The van der Waals surface area contributed by atoms with Crippen molar-refractivity contribution in [1.29, 1.82) is 5.26 Å². The number of carbonyl (C=O) groups excluding carboxylic acids is 1. The molecule has 19 heavy (non-hydrogen) atoms. The summed E-state index contributed by atoms with van der Waals surface area (Å²) in [6, 6.07) is 7.59. The molecule has 1 heterocycles. The monoisotopic (exact) mass is 258 g/mol. The maximum atomic E-state index is 11.9. The van der Waals surface area contributed by atoms with Crippen LogP contribution >= 0.6 is 0 Å². The van der Waals surface area contributed by atoms with Crippen molar-refractivity contribution in [2.24, 2.45) is 0 Å². The van der Waals surface area contributed by atoms with E-state index in [9.17, 15) is 4.79 Å². The second-order valence-corrected chi connectivity index (χ2v) is 4.29. The Balaban J connectivity index is 2.56. The molecule has 1 rings (SSSR count). The van der Waals surface area contributed by atoms with Crippen molar-refractivity contribution in [2.45, 2.75) is 13.3 Å². The van der Waals surface area contributed by atoms with Crippen LogP contribution in [-0.4, -0.2) is 36.4 Å². The summed E-state index contributed by atoms with van der Waals surface area (Å²) in [7, 11) is 3.60. The molecular weight excluding hydrogens is 240 g/mol. The molecule has 0 atom stereocenters. The summed E-state index contributed by atoms with van der Waals surface area (Å²) >= 11 is 0. The van der Waals surface area contributed by atoms with Gasteiger partial charge in [-0.25, -0.2) is 0 Å². The number of aromatic nitrogens is 1. The normalized spacial score (nSPS) is 11.3. The van der Waals surface area contributed by atoms with Crippen molar-refractivity contribution in [3.8, 4) is 6.07 Å². The summed E-state index contributed by atoms with van der Waals surface area (Å²) in [5.41, 5.74) is 1.71. The molecule has 1 aromatic rings. The van der Waals surface area contributed by atoms with Crippen LogP contribution in [-0.2, 0) is 11.2 Å². The highest BCUT2D eigenvalue weighted by molar-refractivity contribution is 5.97. The Kier molecular flexibility index (Phi) is 5.55. The Morgan fingerprint density at radius 2 is 2.21 bits per heavy atom. The van der Waals surface area contributed by atoms with Gasteiger partial charge in [0.2, 0.25) is 0 Å². The van der Waals surface area contributed by atoms with E-state index in [1.165, 1.54) is 0 Å². The van der Waals surface area contributed by atoms with E-state index in [2.05, 4.69) is 10.3 Å². The van der Waals surface area contributed by atoms with Gasteiger partial charge in [-0.05, 0) is 19.1 Å². The third kappa shape index (κ3) is 4.43. The van der Waals surface area contributed by atoms with Gasteiger partial charge >= 0.3 is 0 Å². The molecular formula is C14H18N4O. The average Bonchev–Trinajstić information content (AvgIpc) is 2.40. The molecule has 0 bridgehead atoms. The van der Waals surface area contributed by atoms with Gasteiger partial charge in [0.15, 0.2) is 0 Å². The van der Waals surface area contributed by atoms with Crippen LogP contribution in [0, 0.1) is 11.3 Å². The maximum absolute atomic E-state index is 11.9. The third-order valence-corrected chi connectivity index (χ3v) is 2.76. The number of nitrogens with one attached hydrogen (secondary N) is 1. The maximum Gasteiger partial charge on any atom is 0.263 e. The Labute approximate surface area is 113 Å².